The van der Waals surface area contributed by atoms with Gasteiger partial charge in [-0.2, -0.15) is 9.94 Å². The van der Waals surface area contributed by atoms with Gasteiger partial charge in [0.1, 0.15) is 11.1 Å². The maximum Gasteiger partial charge on any atom is 0.490 e. The number of carbonyl (C=O) groups is 1. The Morgan fingerprint density at radius 1 is 1.58 bits per heavy atom. The van der Waals surface area contributed by atoms with Gasteiger partial charge in [0, 0.05) is 16.4 Å². The summed E-state index contributed by atoms with van der Waals surface area (Å²) in [4.78, 5) is 26.4. The van der Waals surface area contributed by atoms with Crippen LogP contribution in [0, 0.1) is 28.4 Å². The van der Waals surface area contributed by atoms with Crippen molar-refractivity contribution in [3.8, 4) is 6.07 Å². The van der Waals surface area contributed by atoms with Crippen molar-refractivity contribution < 1.29 is 9.72 Å². The number of nitrogens with one attached hydrogen (secondary N) is 1. The molecule has 1 N–H and O–H groups in total. The molecule has 9 nitrogen and oxygen atoms in total. The second kappa shape index (κ2) is 7.65. The fourth-order valence-corrected chi connectivity index (χ4v) is 3.39. The Morgan fingerprint density at radius 2 is 2.33 bits per heavy atom. The van der Waals surface area contributed by atoms with Gasteiger partial charge in [-0.25, -0.2) is 0 Å². The Bertz CT molecular complexity index is 804. The van der Waals surface area contributed by atoms with Crippen molar-refractivity contribution in [2.75, 3.05) is 5.32 Å². The highest BCUT2D eigenvalue weighted by atomic mass is 32.1. The lowest BCUT2D eigenvalue weighted by molar-refractivity contribution is -0.394. The summed E-state index contributed by atoms with van der Waals surface area (Å²) in [6.07, 6.45) is 2.68. The zero-order chi connectivity index (χ0) is 17.7. The van der Waals surface area contributed by atoms with Crippen LogP contribution in [0.25, 0.3) is 0 Å². The molecule has 0 unspecified atom stereocenters. The summed E-state index contributed by atoms with van der Waals surface area (Å²) in [6.45, 7) is 4.25. The number of rotatable bonds is 7. The maximum absolute atomic E-state index is 12.0. The highest BCUT2D eigenvalue weighted by Gasteiger charge is 2.17. The van der Waals surface area contributed by atoms with Gasteiger partial charge < -0.3 is 15.4 Å². The predicted octanol–water partition coefficient (Wildman–Crippen LogP) is 2.41. The van der Waals surface area contributed by atoms with E-state index in [4.69, 9.17) is 0 Å². The average Bonchev–Trinajstić information content (AvgIpc) is 3.11. The molecule has 0 aliphatic heterocycles. The average molecular weight is 348 g/mol. The number of nitrogens with zero attached hydrogens (tertiary/aromatic N) is 5. The minimum absolute atomic E-state index is 0.204. The van der Waals surface area contributed by atoms with Gasteiger partial charge in [0.25, 0.3) is 0 Å². The molecule has 0 atom stereocenters. The molecule has 2 aromatic rings. The number of thiophene rings is 1. The molecule has 0 saturated carbocycles. The summed E-state index contributed by atoms with van der Waals surface area (Å²) in [7, 11) is 0. The zero-order valence-corrected chi connectivity index (χ0v) is 14.1. The van der Waals surface area contributed by atoms with Crippen molar-refractivity contribution in [2.24, 2.45) is 0 Å². The number of hydrogen-bond acceptors (Lipinski definition) is 7. The van der Waals surface area contributed by atoms with Crippen LogP contribution in [-0.2, 0) is 17.8 Å². The molecule has 0 saturated heterocycles. The van der Waals surface area contributed by atoms with E-state index in [0.717, 1.165) is 16.9 Å². The minimum Gasteiger partial charge on any atom is -0.390 e. The third-order valence-corrected chi connectivity index (χ3v) is 4.47. The number of nitro groups is 1. The molecular formula is C14H16N6O3S. The molecule has 1 amide bonds. The molecule has 0 spiro atoms. The second-order valence-corrected chi connectivity index (χ2v) is 6.25. The molecule has 0 fully saturated rings. The van der Waals surface area contributed by atoms with Crippen molar-refractivity contribution in [3.05, 3.63) is 32.4 Å². The van der Waals surface area contributed by atoms with E-state index in [1.807, 2.05) is 13.8 Å². The third kappa shape index (κ3) is 3.94. The first kappa shape index (κ1) is 17.6. The smallest absolute Gasteiger partial charge is 0.390 e. The van der Waals surface area contributed by atoms with Crippen LogP contribution < -0.4 is 5.32 Å². The van der Waals surface area contributed by atoms with Crippen LogP contribution in [0.15, 0.2) is 6.33 Å². The molecule has 0 aliphatic carbocycles. The van der Waals surface area contributed by atoms with E-state index in [-0.39, 0.29) is 12.3 Å². The van der Waals surface area contributed by atoms with Crippen molar-refractivity contribution in [1.29, 1.82) is 5.26 Å². The highest BCUT2D eigenvalue weighted by Crippen LogP contribution is 2.32. The minimum atomic E-state index is -0.670. The number of aromatic nitrogens is 3. The molecule has 2 rings (SSSR count). The lowest BCUT2D eigenvalue weighted by Gasteiger charge is -2.03. The van der Waals surface area contributed by atoms with Crippen LogP contribution in [-0.4, -0.2) is 25.6 Å². The first-order valence-electron chi connectivity index (χ1n) is 7.32. The Labute approximate surface area is 142 Å². The van der Waals surface area contributed by atoms with Crippen LogP contribution in [0.3, 0.4) is 0 Å². The summed E-state index contributed by atoms with van der Waals surface area (Å²) < 4.78 is 1.33. The fraction of sp³-hybridized carbons (Fsp3) is 0.429. The Kier molecular flexibility index (Phi) is 5.59. The molecule has 0 radical (unpaired) electrons. The maximum atomic E-state index is 12.0. The molecule has 2 aromatic heterocycles. The van der Waals surface area contributed by atoms with Crippen molar-refractivity contribution in [1.82, 2.24) is 14.8 Å². The number of anilines is 1. The van der Waals surface area contributed by atoms with Crippen molar-refractivity contribution in [3.63, 3.8) is 0 Å². The molecule has 0 bridgehead atoms. The largest absolute Gasteiger partial charge is 0.490 e. The van der Waals surface area contributed by atoms with Gasteiger partial charge >= 0.3 is 5.95 Å². The zero-order valence-electron chi connectivity index (χ0n) is 13.3. The van der Waals surface area contributed by atoms with Crippen LogP contribution >= 0.6 is 11.3 Å². The second-order valence-electron chi connectivity index (χ2n) is 5.02. The van der Waals surface area contributed by atoms with E-state index in [1.165, 1.54) is 22.3 Å². The lowest BCUT2D eigenvalue weighted by atomic mass is 10.1. The molecular weight excluding hydrogens is 332 g/mol. The van der Waals surface area contributed by atoms with E-state index in [2.05, 4.69) is 21.5 Å². The topological polar surface area (TPSA) is 127 Å². The first-order valence-corrected chi connectivity index (χ1v) is 8.14. The third-order valence-electron chi connectivity index (χ3n) is 3.41. The van der Waals surface area contributed by atoms with Gasteiger partial charge in [-0.1, -0.05) is 11.9 Å². The summed E-state index contributed by atoms with van der Waals surface area (Å²) in [6, 6.07) is 2.15. The van der Waals surface area contributed by atoms with Gasteiger partial charge in [-0.3, -0.25) is 4.79 Å². The molecule has 2 heterocycles. The molecule has 0 aliphatic rings. The normalized spacial score (nSPS) is 10.4. The highest BCUT2D eigenvalue weighted by molar-refractivity contribution is 7.16. The number of carbonyl (C=O) groups excluding carboxylic acids is 1. The van der Waals surface area contributed by atoms with Crippen LogP contribution in [0.2, 0.25) is 0 Å². The van der Waals surface area contributed by atoms with Gasteiger partial charge in [0.05, 0.1) is 12.1 Å². The summed E-state index contributed by atoms with van der Waals surface area (Å²) in [5.41, 5.74) is 1.49. The summed E-state index contributed by atoms with van der Waals surface area (Å²) >= 11 is 1.40. The Hall–Kier alpha value is -2.80. The van der Waals surface area contributed by atoms with Crippen LogP contribution in [0.1, 0.15) is 35.8 Å². The van der Waals surface area contributed by atoms with E-state index >= 15 is 0 Å². The Morgan fingerprint density at radius 3 is 2.92 bits per heavy atom. The fourth-order valence-electron chi connectivity index (χ4n) is 2.28. The Balaban J connectivity index is 1.90. The number of aryl methyl sites for hydroxylation is 2. The van der Waals surface area contributed by atoms with Crippen LogP contribution in [0.5, 0.6) is 0 Å². The van der Waals surface area contributed by atoms with Gasteiger partial charge in [-0.15, -0.1) is 11.3 Å². The standard InChI is InChI=1S/C14H16N6O3S/c1-3-10-9(2)24-13(11(10)7-15)17-12(21)5-4-6-19-8-16-14(18-19)20(22)23/h8H,3-6H2,1-2H3,(H,17,21). The predicted molar refractivity (Wildman–Crippen MR) is 87.7 cm³/mol. The first-order chi connectivity index (χ1) is 11.5. The summed E-state index contributed by atoms with van der Waals surface area (Å²) in [5.74, 6) is -0.663. The van der Waals surface area contributed by atoms with Crippen molar-refractivity contribution >= 4 is 28.2 Å². The van der Waals surface area contributed by atoms with E-state index in [9.17, 15) is 20.2 Å². The number of amides is 1. The summed E-state index contributed by atoms with van der Waals surface area (Å²) in [5, 5.41) is 26.8. The molecule has 126 valence electrons. The van der Waals surface area contributed by atoms with E-state index in [0.29, 0.717) is 23.5 Å². The number of hydrogen-bond donors (Lipinski definition) is 1. The van der Waals surface area contributed by atoms with Gasteiger partial charge in [0.15, 0.2) is 0 Å². The van der Waals surface area contributed by atoms with Crippen molar-refractivity contribution in [2.45, 2.75) is 39.7 Å². The van der Waals surface area contributed by atoms with E-state index < -0.39 is 10.9 Å². The SMILES string of the molecule is CCc1c(C)sc(NC(=O)CCCn2cnc([N+](=O)[O-])n2)c1C#N. The lowest BCUT2D eigenvalue weighted by Crippen LogP contribution is -2.12. The van der Waals surface area contributed by atoms with Gasteiger partial charge in [0.2, 0.25) is 12.2 Å². The molecule has 10 heteroatoms. The monoisotopic (exact) mass is 348 g/mol. The molecule has 24 heavy (non-hydrogen) atoms. The quantitative estimate of drug-likeness (QED) is 0.604. The molecule has 0 aromatic carbocycles. The number of nitriles is 1. The van der Waals surface area contributed by atoms with Gasteiger partial charge in [-0.05, 0) is 30.3 Å². The van der Waals surface area contributed by atoms with Crippen LogP contribution in [0.4, 0.5) is 10.9 Å². The van der Waals surface area contributed by atoms with E-state index in [1.54, 1.807) is 0 Å².